The van der Waals surface area contributed by atoms with Crippen LogP contribution in [0.2, 0.25) is 5.02 Å². The zero-order chi connectivity index (χ0) is 17.3. The van der Waals surface area contributed by atoms with Gasteiger partial charge in [-0.1, -0.05) is 29.0 Å². The number of rotatable bonds is 4. The van der Waals surface area contributed by atoms with Crippen LogP contribution in [0.25, 0.3) is 10.2 Å². The number of allylic oxidation sites excluding steroid dienone is 1. The number of sulfonamides is 1. The lowest BCUT2D eigenvalue weighted by atomic mass is 10.3. The van der Waals surface area contributed by atoms with E-state index in [0.717, 1.165) is 11.3 Å². The minimum Gasteiger partial charge on any atom is -0.312 e. The molecule has 1 heterocycles. The predicted molar refractivity (Wildman–Crippen MR) is 94.2 cm³/mol. The molecule has 0 aliphatic heterocycles. The Kier molecular flexibility index (Phi) is 4.58. The Morgan fingerprint density at radius 2 is 1.96 bits per heavy atom. The average Bonchev–Trinajstić information content (AvgIpc) is 2.84. The number of benzene rings is 2. The first-order valence-corrected chi connectivity index (χ1v) is 9.50. The van der Waals surface area contributed by atoms with Crippen LogP contribution in [0.15, 0.2) is 64.4 Å². The largest absolute Gasteiger partial charge is 0.312 e. The fraction of sp³-hybridized carbons (Fsp3) is 0.0625. The van der Waals surface area contributed by atoms with Crippen molar-refractivity contribution < 1.29 is 12.8 Å². The van der Waals surface area contributed by atoms with E-state index in [-0.39, 0.29) is 15.5 Å². The molecule has 124 valence electrons. The van der Waals surface area contributed by atoms with E-state index in [1.54, 1.807) is 16.7 Å². The zero-order valence-electron chi connectivity index (χ0n) is 12.3. The van der Waals surface area contributed by atoms with Gasteiger partial charge in [0.15, 0.2) is 0 Å². The number of hydrogen-bond donors (Lipinski definition) is 0. The van der Waals surface area contributed by atoms with Crippen molar-refractivity contribution in [3.8, 4) is 0 Å². The van der Waals surface area contributed by atoms with Gasteiger partial charge >= 0.3 is 0 Å². The van der Waals surface area contributed by atoms with E-state index in [4.69, 9.17) is 11.6 Å². The lowest BCUT2D eigenvalue weighted by Gasteiger charge is -2.02. The van der Waals surface area contributed by atoms with E-state index < -0.39 is 10.0 Å². The molecule has 2 aromatic carbocycles. The molecule has 1 aromatic heterocycles. The van der Waals surface area contributed by atoms with E-state index >= 15 is 0 Å². The molecule has 0 bridgehead atoms. The first kappa shape index (κ1) is 16.9. The van der Waals surface area contributed by atoms with Crippen LogP contribution in [0.4, 0.5) is 4.39 Å². The number of aromatic nitrogens is 1. The summed E-state index contributed by atoms with van der Waals surface area (Å²) in [4.78, 5) is 0.297. The van der Waals surface area contributed by atoms with Crippen LogP contribution in [0.3, 0.4) is 0 Å². The SMILES string of the molecule is C=CCn1/c(=N/S(=O)(=O)c2ccc(Cl)cc2)sc2cc(F)ccc21. The number of hydrogen-bond acceptors (Lipinski definition) is 3. The van der Waals surface area contributed by atoms with Crippen molar-refractivity contribution in [2.75, 3.05) is 0 Å². The summed E-state index contributed by atoms with van der Waals surface area (Å²) < 4.78 is 44.6. The average molecular weight is 383 g/mol. The molecule has 24 heavy (non-hydrogen) atoms. The molecular formula is C16H12ClFN2O2S2. The van der Waals surface area contributed by atoms with Crippen LogP contribution in [-0.4, -0.2) is 13.0 Å². The molecule has 8 heteroatoms. The fourth-order valence-electron chi connectivity index (χ4n) is 2.18. The highest BCUT2D eigenvalue weighted by atomic mass is 35.5. The molecule has 0 fully saturated rings. The molecule has 4 nitrogen and oxygen atoms in total. The van der Waals surface area contributed by atoms with Gasteiger partial charge in [0.2, 0.25) is 4.80 Å². The van der Waals surface area contributed by atoms with Crippen molar-refractivity contribution in [2.24, 2.45) is 4.40 Å². The third-order valence-corrected chi connectivity index (χ3v) is 5.96. The van der Waals surface area contributed by atoms with E-state index in [0.29, 0.717) is 21.8 Å². The van der Waals surface area contributed by atoms with Crippen molar-refractivity contribution in [1.29, 1.82) is 0 Å². The van der Waals surface area contributed by atoms with E-state index in [2.05, 4.69) is 11.0 Å². The Hall–Kier alpha value is -1.96. The monoisotopic (exact) mass is 382 g/mol. The quantitative estimate of drug-likeness (QED) is 0.641. The fourth-order valence-corrected chi connectivity index (χ4v) is 4.58. The van der Waals surface area contributed by atoms with Crippen molar-refractivity contribution in [2.45, 2.75) is 11.4 Å². The molecular weight excluding hydrogens is 371 g/mol. The summed E-state index contributed by atoms with van der Waals surface area (Å²) in [5.41, 5.74) is 0.700. The summed E-state index contributed by atoms with van der Waals surface area (Å²) >= 11 is 6.89. The molecule has 0 atom stereocenters. The first-order chi connectivity index (χ1) is 11.4. The van der Waals surface area contributed by atoms with Crippen LogP contribution in [0.1, 0.15) is 0 Å². The Bertz CT molecular complexity index is 1080. The maximum atomic E-state index is 13.4. The van der Waals surface area contributed by atoms with Gasteiger partial charge in [-0.15, -0.1) is 11.0 Å². The number of thiazole rings is 1. The second-order valence-corrected chi connectivity index (χ2v) is 7.97. The lowest BCUT2D eigenvalue weighted by molar-refractivity contribution is 0.596. The van der Waals surface area contributed by atoms with Crippen molar-refractivity contribution in [3.05, 3.63) is 70.8 Å². The number of fused-ring (bicyclic) bond motifs is 1. The molecule has 0 aliphatic carbocycles. The van der Waals surface area contributed by atoms with Crippen LogP contribution in [-0.2, 0) is 16.6 Å². The molecule has 0 amide bonds. The lowest BCUT2D eigenvalue weighted by Crippen LogP contribution is -2.16. The maximum absolute atomic E-state index is 13.4. The van der Waals surface area contributed by atoms with Crippen LogP contribution in [0.5, 0.6) is 0 Å². The highest BCUT2D eigenvalue weighted by molar-refractivity contribution is 7.90. The minimum atomic E-state index is -3.90. The van der Waals surface area contributed by atoms with E-state index in [9.17, 15) is 12.8 Å². The van der Waals surface area contributed by atoms with Gasteiger partial charge in [0.1, 0.15) is 5.82 Å². The molecule has 0 spiro atoms. The van der Waals surface area contributed by atoms with Gasteiger partial charge < -0.3 is 4.57 Å². The summed E-state index contributed by atoms with van der Waals surface area (Å²) in [5.74, 6) is -0.387. The van der Waals surface area contributed by atoms with Gasteiger partial charge in [-0.2, -0.15) is 8.42 Å². The third kappa shape index (κ3) is 3.28. The summed E-state index contributed by atoms with van der Waals surface area (Å²) in [6.45, 7) is 4.03. The van der Waals surface area contributed by atoms with Gasteiger partial charge in [-0.25, -0.2) is 4.39 Å². The predicted octanol–water partition coefficient (Wildman–Crippen LogP) is 3.97. The highest BCUT2D eigenvalue weighted by Crippen LogP contribution is 2.20. The molecule has 0 N–H and O–H groups in total. The summed E-state index contributed by atoms with van der Waals surface area (Å²) in [6.07, 6.45) is 1.63. The van der Waals surface area contributed by atoms with E-state index in [1.807, 2.05) is 0 Å². The van der Waals surface area contributed by atoms with Gasteiger partial charge in [0.25, 0.3) is 10.0 Å². The zero-order valence-corrected chi connectivity index (χ0v) is 14.7. The van der Waals surface area contributed by atoms with Crippen molar-refractivity contribution >= 4 is 43.2 Å². The second-order valence-electron chi connectivity index (χ2n) is 4.92. The van der Waals surface area contributed by atoms with Gasteiger partial charge in [0, 0.05) is 11.6 Å². The molecule has 3 rings (SSSR count). The minimum absolute atomic E-state index is 0.0423. The maximum Gasteiger partial charge on any atom is 0.285 e. The Balaban J connectivity index is 2.23. The topological polar surface area (TPSA) is 51.4 Å². The first-order valence-electron chi connectivity index (χ1n) is 6.87. The highest BCUT2D eigenvalue weighted by Gasteiger charge is 2.14. The third-order valence-electron chi connectivity index (χ3n) is 3.27. The van der Waals surface area contributed by atoms with Gasteiger partial charge in [-0.3, -0.25) is 0 Å². The van der Waals surface area contributed by atoms with Crippen molar-refractivity contribution in [1.82, 2.24) is 4.57 Å². The molecule has 0 saturated carbocycles. The normalized spacial score (nSPS) is 12.7. The van der Waals surface area contributed by atoms with Crippen LogP contribution >= 0.6 is 22.9 Å². The van der Waals surface area contributed by atoms with Gasteiger partial charge in [0.05, 0.1) is 15.1 Å². The molecule has 0 aliphatic rings. The standard InChI is InChI=1S/C16H12ClFN2O2S2/c1-2-9-20-14-8-5-12(18)10-15(14)23-16(20)19-24(21,22)13-6-3-11(17)4-7-13/h2-8,10H,1,9H2/b19-16-. The van der Waals surface area contributed by atoms with Crippen LogP contribution < -0.4 is 4.80 Å². The summed E-state index contributed by atoms with van der Waals surface area (Å²) in [5, 5.41) is 0.438. The molecule has 0 radical (unpaired) electrons. The molecule has 0 unspecified atom stereocenters. The molecule has 3 aromatic rings. The van der Waals surface area contributed by atoms with Crippen molar-refractivity contribution in [3.63, 3.8) is 0 Å². The Labute approximate surface area is 147 Å². The summed E-state index contributed by atoms with van der Waals surface area (Å²) in [6, 6.07) is 10.0. The van der Waals surface area contributed by atoms with E-state index in [1.165, 1.54) is 36.4 Å². The smallest absolute Gasteiger partial charge is 0.285 e. The number of nitrogens with zero attached hydrogens (tertiary/aromatic N) is 2. The van der Waals surface area contributed by atoms with Crippen LogP contribution in [0, 0.1) is 5.82 Å². The second kappa shape index (κ2) is 6.51. The van der Waals surface area contributed by atoms with Gasteiger partial charge in [-0.05, 0) is 42.5 Å². The Morgan fingerprint density at radius 3 is 2.62 bits per heavy atom. The summed E-state index contributed by atoms with van der Waals surface area (Å²) in [7, 11) is -3.90. The number of halogens is 2. The Morgan fingerprint density at radius 1 is 1.25 bits per heavy atom. The molecule has 0 saturated heterocycles.